The molecule has 94 valence electrons. The van der Waals surface area contributed by atoms with Crippen molar-refractivity contribution in [3.05, 3.63) is 54.1 Å². The smallest absolute Gasteiger partial charge is 0.0361 e. The average molecular weight is 240 g/mol. The van der Waals surface area contributed by atoms with Crippen LogP contribution in [-0.4, -0.2) is 14.1 Å². The molecule has 0 spiro atoms. The summed E-state index contributed by atoms with van der Waals surface area (Å²) in [5.41, 5.74) is 10.7. The van der Waals surface area contributed by atoms with Crippen LogP contribution < -0.4 is 10.6 Å². The fourth-order valence-corrected chi connectivity index (χ4v) is 1.93. The Morgan fingerprint density at radius 2 is 1.28 bits per heavy atom. The number of nitrogens with two attached hydrogens (primary N) is 1. The molecule has 0 amide bonds. The summed E-state index contributed by atoms with van der Waals surface area (Å²) in [6.07, 6.45) is 0. The van der Waals surface area contributed by atoms with Crippen molar-refractivity contribution in [2.75, 3.05) is 19.0 Å². The highest BCUT2D eigenvalue weighted by Gasteiger charge is 2.01. The maximum Gasteiger partial charge on any atom is 0.0361 e. The van der Waals surface area contributed by atoms with Gasteiger partial charge in [0.25, 0.3) is 0 Å². The van der Waals surface area contributed by atoms with E-state index in [2.05, 4.69) is 53.4 Å². The SMILES string of the molecule is C[C@H](N)c1ccc(-c2ccc(N(C)C)cc2)cc1. The van der Waals surface area contributed by atoms with E-state index in [0.717, 1.165) is 0 Å². The molecule has 0 aliphatic carbocycles. The number of hydrogen-bond acceptors (Lipinski definition) is 2. The molecule has 2 heteroatoms. The Hall–Kier alpha value is -1.80. The highest BCUT2D eigenvalue weighted by atomic mass is 15.1. The molecule has 1 atom stereocenters. The molecule has 2 nitrogen and oxygen atoms in total. The number of benzene rings is 2. The minimum absolute atomic E-state index is 0.0927. The molecule has 0 unspecified atom stereocenters. The molecule has 2 N–H and O–H groups in total. The lowest BCUT2D eigenvalue weighted by atomic mass is 10.0. The lowest BCUT2D eigenvalue weighted by Crippen LogP contribution is -2.07. The van der Waals surface area contributed by atoms with Crippen molar-refractivity contribution in [1.82, 2.24) is 0 Å². The van der Waals surface area contributed by atoms with Crippen LogP contribution in [0.5, 0.6) is 0 Å². The zero-order valence-corrected chi connectivity index (χ0v) is 11.2. The molecule has 0 heterocycles. The van der Waals surface area contributed by atoms with Crippen LogP contribution in [0.1, 0.15) is 18.5 Å². The second kappa shape index (κ2) is 5.23. The highest BCUT2D eigenvalue weighted by molar-refractivity contribution is 5.66. The largest absolute Gasteiger partial charge is 0.378 e. The van der Waals surface area contributed by atoms with Gasteiger partial charge in [-0.3, -0.25) is 0 Å². The van der Waals surface area contributed by atoms with Crippen molar-refractivity contribution in [3.63, 3.8) is 0 Å². The minimum Gasteiger partial charge on any atom is -0.378 e. The van der Waals surface area contributed by atoms with Crippen molar-refractivity contribution >= 4 is 5.69 Å². The van der Waals surface area contributed by atoms with Crippen LogP contribution in [0.25, 0.3) is 11.1 Å². The summed E-state index contributed by atoms with van der Waals surface area (Å²) in [5, 5.41) is 0. The fourth-order valence-electron chi connectivity index (χ4n) is 1.93. The van der Waals surface area contributed by atoms with Gasteiger partial charge in [0.15, 0.2) is 0 Å². The molecule has 0 bridgehead atoms. The number of rotatable bonds is 3. The summed E-state index contributed by atoms with van der Waals surface area (Å²) >= 11 is 0. The quantitative estimate of drug-likeness (QED) is 0.890. The van der Waals surface area contributed by atoms with Gasteiger partial charge >= 0.3 is 0 Å². The Kier molecular flexibility index (Phi) is 3.68. The second-order valence-corrected chi connectivity index (χ2v) is 4.85. The van der Waals surface area contributed by atoms with Crippen LogP contribution in [0.2, 0.25) is 0 Å². The van der Waals surface area contributed by atoms with Crippen molar-refractivity contribution < 1.29 is 0 Å². The highest BCUT2D eigenvalue weighted by Crippen LogP contribution is 2.23. The van der Waals surface area contributed by atoms with E-state index in [1.54, 1.807) is 0 Å². The topological polar surface area (TPSA) is 29.3 Å². The Labute approximate surface area is 109 Å². The van der Waals surface area contributed by atoms with E-state index in [1.807, 2.05) is 21.0 Å². The van der Waals surface area contributed by atoms with Crippen molar-refractivity contribution in [1.29, 1.82) is 0 Å². The van der Waals surface area contributed by atoms with Gasteiger partial charge in [-0.2, -0.15) is 0 Å². The average Bonchev–Trinajstić information content (AvgIpc) is 2.39. The van der Waals surface area contributed by atoms with E-state index in [0.29, 0.717) is 0 Å². The zero-order valence-electron chi connectivity index (χ0n) is 11.2. The number of anilines is 1. The van der Waals surface area contributed by atoms with Gasteiger partial charge in [0, 0.05) is 25.8 Å². The first kappa shape index (κ1) is 12.7. The summed E-state index contributed by atoms with van der Waals surface area (Å²) in [4.78, 5) is 2.10. The standard InChI is InChI=1S/C16H20N2/c1-12(17)13-4-6-14(7-5-13)15-8-10-16(11-9-15)18(2)3/h4-12H,17H2,1-3H3/t12-/m0/s1. The molecule has 0 aliphatic heterocycles. The monoisotopic (exact) mass is 240 g/mol. The van der Waals surface area contributed by atoms with E-state index < -0.39 is 0 Å². The predicted octanol–water partition coefficient (Wildman–Crippen LogP) is 3.44. The van der Waals surface area contributed by atoms with E-state index >= 15 is 0 Å². The van der Waals surface area contributed by atoms with E-state index in [4.69, 9.17) is 5.73 Å². The lowest BCUT2D eigenvalue weighted by molar-refractivity contribution is 0.818. The van der Waals surface area contributed by atoms with Gasteiger partial charge in [-0.05, 0) is 35.7 Å². The molecule has 2 aromatic rings. The zero-order chi connectivity index (χ0) is 13.1. The summed E-state index contributed by atoms with van der Waals surface area (Å²) in [6, 6.07) is 17.1. The molecule has 0 radical (unpaired) electrons. The van der Waals surface area contributed by atoms with Crippen molar-refractivity contribution in [3.8, 4) is 11.1 Å². The van der Waals surface area contributed by atoms with Gasteiger partial charge in [0.2, 0.25) is 0 Å². The molecular weight excluding hydrogens is 220 g/mol. The summed E-state index contributed by atoms with van der Waals surface area (Å²) in [7, 11) is 4.10. The molecular formula is C16H20N2. The van der Waals surface area contributed by atoms with Gasteiger partial charge in [-0.1, -0.05) is 36.4 Å². The molecule has 0 aliphatic rings. The molecule has 2 aromatic carbocycles. The minimum atomic E-state index is 0.0927. The van der Waals surface area contributed by atoms with E-state index in [1.165, 1.54) is 22.4 Å². The predicted molar refractivity (Wildman–Crippen MR) is 78.8 cm³/mol. The van der Waals surface area contributed by atoms with Gasteiger partial charge in [-0.25, -0.2) is 0 Å². The third-order valence-electron chi connectivity index (χ3n) is 3.15. The Bertz CT molecular complexity index is 446. The Balaban J connectivity index is 2.25. The van der Waals surface area contributed by atoms with Gasteiger partial charge < -0.3 is 10.6 Å². The first-order valence-corrected chi connectivity index (χ1v) is 6.21. The van der Waals surface area contributed by atoms with Crippen LogP contribution in [0.15, 0.2) is 48.5 Å². The molecule has 18 heavy (non-hydrogen) atoms. The third-order valence-corrected chi connectivity index (χ3v) is 3.15. The lowest BCUT2D eigenvalue weighted by Gasteiger charge is -2.13. The van der Waals surface area contributed by atoms with Crippen molar-refractivity contribution in [2.24, 2.45) is 5.73 Å². The normalized spacial score (nSPS) is 12.2. The molecule has 0 saturated carbocycles. The fraction of sp³-hybridized carbons (Fsp3) is 0.250. The van der Waals surface area contributed by atoms with Gasteiger partial charge in [-0.15, -0.1) is 0 Å². The third kappa shape index (κ3) is 2.71. The van der Waals surface area contributed by atoms with Crippen LogP contribution in [0, 0.1) is 0 Å². The molecule has 0 fully saturated rings. The summed E-state index contributed by atoms with van der Waals surface area (Å²) in [6.45, 7) is 2.00. The maximum atomic E-state index is 5.85. The first-order chi connectivity index (χ1) is 8.58. The Morgan fingerprint density at radius 1 is 0.833 bits per heavy atom. The van der Waals surface area contributed by atoms with Crippen molar-refractivity contribution in [2.45, 2.75) is 13.0 Å². The molecule has 2 rings (SSSR count). The van der Waals surface area contributed by atoms with Crippen LogP contribution in [0.4, 0.5) is 5.69 Å². The Morgan fingerprint density at radius 3 is 1.67 bits per heavy atom. The summed E-state index contributed by atoms with van der Waals surface area (Å²) in [5.74, 6) is 0. The first-order valence-electron chi connectivity index (χ1n) is 6.21. The van der Waals surface area contributed by atoms with Crippen LogP contribution >= 0.6 is 0 Å². The maximum absolute atomic E-state index is 5.85. The van der Waals surface area contributed by atoms with Gasteiger partial charge in [0.1, 0.15) is 0 Å². The van der Waals surface area contributed by atoms with Crippen LogP contribution in [0.3, 0.4) is 0 Å². The molecule has 0 saturated heterocycles. The van der Waals surface area contributed by atoms with Gasteiger partial charge in [0.05, 0.1) is 0 Å². The molecule has 0 aromatic heterocycles. The number of nitrogens with zero attached hydrogens (tertiary/aromatic N) is 1. The van der Waals surface area contributed by atoms with Crippen LogP contribution in [-0.2, 0) is 0 Å². The van der Waals surface area contributed by atoms with E-state index in [9.17, 15) is 0 Å². The second-order valence-electron chi connectivity index (χ2n) is 4.85. The summed E-state index contributed by atoms with van der Waals surface area (Å²) < 4.78 is 0. The number of hydrogen-bond donors (Lipinski definition) is 1. The van der Waals surface area contributed by atoms with E-state index in [-0.39, 0.29) is 6.04 Å².